The van der Waals surface area contributed by atoms with Gasteiger partial charge in [0.25, 0.3) is 0 Å². The summed E-state index contributed by atoms with van der Waals surface area (Å²) >= 11 is 0. The fourth-order valence-electron chi connectivity index (χ4n) is 0.678. The molecule has 0 aromatic heterocycles. The molecule has 1 saturated heterocycles. The first-order chi connectivity index (χ1) is 2.97. The second kappa shape index (κ2) is 0.784. The van der Waals surface area contributed by atoms with E-state index in [1.165, 1.54) is 12.8 Å². The molecule has 0 N–H and O–H groups in total. The molecule has 0 aromatic rings. The number of hydrogen-bond donors (Lipinski definition) is 0. The highest BCUT2D eigenvalue weighted by Gasteiger charge is 2.40. The van der Waals surface area contributed by atoms with E-state index in [0.717, 1.165) is 6.61 Å². The topological polar surface area (TPSA) is 12.5 Å². The van der Waals surface area contributed by atoms with Crippen molar-refractivity contribution >= 4 is 0 Å². The first-order valence-corrected chi connectivity index (χ1v) is 2.43. The third kappa shape index (κ3) is 0.350. The molecule has 1 unspecified atom stereocenters. The molecule has 2 rings (SSSR count). The van der Waals surface area contributed by atoms with Crippen molar-refractivity contribution in [2.24, 2.45) is 0 Å². The predicted molar refractivity (Wildman–Crippen MR) is 22.2 cm³/mol. The van der Waals surface area contributed by atoms with Gasteiger partial charge in [-0.2, -0.15) is 0 Å². The second-order valence-corrected chi connectivity index (χ2v) is 1.98. The van der Waals surface area contributed by atoms with Crippen LogP contribution in [-0.2, 0) is 4.74 Å². The smallest absolute Gasteiger partial charge is 0.0872 e. The maximum absolute atomic E-state index is 5.00. The summed E-state index contributed by atoms with van der Waals surface area (Å²) in [5, 5.41) is 0. The van der Waals surface area contributed by atoms with Gasteiger partial charge in [-0.05, 0) is 12.8 Å². The summed E-state index contributed by atoms with van der Waals surface area (Å²) in [4.78, 5) is 0. The zero-order chi connectivity index (χ0) is 3.98. The van der Waals surface area contributed by atoms with Crippen LogP contribution in [-0.4, -0.2) is 12.7 Å². The van der Waals surface area contributed by atoms with Gasteiger partial charge in [-0.3, -0.25) is 0 Å². The molecule has 1 radical (unpaired) electrons. The molecule has 1 heteroatoms. The molecule has 2 aliphatic rings. The third-order valence-corrected chi connectivity index (χ3v) is 1.33. The van der Waals surface area contributed by atoms with Gasteiger partial charge < -0.3 is 4.74 Å². The van der Waals surface area contributed by atoms with Gasteiger partial charge in [0.1, 0.15) is 0 Å². The minimum absolute atomic E-state index is 0.630. The Balaban J connectivity index is 1.92. The monoisotopic (exact) mass is 83.0 g/mol. The van der Waals surface area contributed by atoms with Gasteiger partial charge >= 0.3 is 0 Å². The Kier molecular flexibility index (Phi) is 0.396. The molecule has 1 aliphatic heterocycles. The Labute approximate surface area is 37.3 Å². The molecule has 0 bridgehead atoms. The molecule has 1 heterocycles. The predicted octanol–water partition coefficient (Wildman–Crippen LogP) is 0.753. The van der Waals surface area contributed by atoms with Crippen LogP contribution in [0.3, 0.4) is 0 Å². The molecular weight excluding hydrogens is 76.1 g/mol. The van der Waals surface area contributed by atoms with Gasteiger partial charge in [-0.15, -0.1) is 0 Å². The van der Waals surface area contributed by atoms with E-state index in [4.69, 9.17) is 4.74 Å². The summed E-state index contributed by atoms with van der Waals surface area (Å²) in [7, 11) is 0. The van der Waals surface area contributed by atoms with Crippen LogP contribution < -0.4 is 0 Å². The molecule has 1 saturated carbocycles. The zero-order valence-electron chi connectivity index (χ0n) is 3.61. The van der Waals surface area contributed by atoms with Crippen LogP contribution in [0.2, 0.25) is 0 Å². The molecule has 0 amide bonds. The molecule has 1 aliphatic carbocycles. The van der Waals surface area contributed by atoms with Crippen LogP contribution in [0.1, 0.15) is 12.8 Å². The van der Waals surface area contributed by atoms with Gasteiger partial charge in [-0.1, -0.05) is 0 Å². The molecule has 1 nitrogen and oxygen atoms in total. The van der Waals surface area contributed by atoms with E-state index in [1.807, 2.05) is 0 Å². The van der Waals surface area contributed by atoms with Crippen LogP contribution in [0, 0.1) is 5.92 Å². The van der Waals surface area contributed by atoms with Crippen molar-refractivity contribution in [3.05, 3.63) is 5.92 Å². The zero-order valence-corrected chi connectivity index (χ0v) is 3.61. The molecule has 2 fully saturated rings. The summed E-state index contributed by atoms with van der Waals surface area (Å²) < 4.78 is 5.00. The first-order valence-electron chi connectivity index (χ1n) is 2.43. The standard InChI is InChI=1S/C5H7O/c1-2-4(1)5-3-6-5/h5H,1-3H2. The molecule has 1 atom stereocenters. The minimum atomic E-state index is 0.630. The lowest BCUT2D eigenvalue weighted by Crippen LogP contribution is -1.79. The summed E-state index contributed by atoms with van der Waals surface area (Å²) in [5.74, 6) is 1.65. The van der Waals surface area contributed by atoms with Crippen molar-refractivity contribution < 1.29 is 4.74 Å². The molecule has 6 heavy (non-hydrogen) atoms. The van der Waals surface area contributed by atoms with Gasteiger partial charge in [0.15, 0.2) is 0 Å². The van der Waals surface area contributed by atoms with Crippen LogP contribution in [0.25, 0.3) is 0 Å². The van der Waals surface area contributed by atoms with Gasteiger partial charge in [0, 0.05) is 5.92 Å². The minimum Gasteiger partial charge on any atom is -0.373 e. The van der Waals surface area contributed by atoms with E-state index < -0.39 is 0 Å². The molecule has 33 valence electrons. The Morgan fingerprint density at radius 1 is 1.50 bits per heavy atom. The number of ether oxygens (including phenoxy) is 1. The van der Waals surface area contributed by atoms with E-state index in [1.54, 1.807) is 5.92 Å². The molecule has 0 spiro atoms. The van der Waals surface area contributed by atoms with Crippen molar-refractivity contribution in [1.82, 2.24) is 0 Å². The highest BCUT2D eigenvalue weighted by atomic mass is 16.6. The van der Waals surface area contributed by atoms with Crippen molar-refractivity contribution in [3.8, 4) is 0 Å². The Bertz CT molecular complexity index is 52.3. The van der Waals surface area contributed by atoms with Crippen molar-refractivity contribution in [2.75, 3.05) is 6.61 Å². The Hall–Kier alpha value is -0.0400. The fraction of sp³-hybridized carbons (Fsp3) is 0.800. The lowest BCUT2D eigenvalue weighted by atomic mass is 10.3. The number of hydrogen-bond acceptors (Lipinski definition) is 1. The average molecular weight is 83.1 g/mol. The summed E-state index contributed by atoms with van der Waals surface area (Å²) in [5.41, 5.74) is 0. The number of rotatable bonds is 1. The first kappa shape index (κ1) is 3.03. The largest absolute Gasteiger partial charge is 0.373 e. The summed E-state index contributed by atoms with van der Waals surface area (Å²) in [6.45, 7) is 1.02. The fourth-order valence-corrected chi connectivity index (χ4v) is 0.678. The van der Waals surface area contributed by atoms with Crippen molar-refractivity contribution in [2.45, 2.75) is 18.9 Å². The van der Waals surface area contributed by atoms with Crippen LogP contribution in [0.4, 0.5) is 0 Å². The van der Waals surface area contributed by atoms with Crippen LogP contribution in [0.15, 0.2) is 0 Å². The number of epoxide rings is 1. The van der Waals surface area contributed by atoms with Crippen molar-refractivity contribution in [1.29, 1.82) is 0 Å². The Morgan fingerprint density at radius 3 is 2.33 bits per heavy atom. The lowest BCUT2D eigenvalue weighted by molar-refractivity contribution is 0.426. The van der Waals surface area contributed by atoms with Crippen LogP contribution in [0.5, 0.6) is 0 Å². The quantitative estimate of drug-likeness (QED) is 0.426. The SMILES string of the molecule is C1C[C]1C1CO1. The molecular formula is C5H7O. The van der Waals surface area contributed by atoms with E-state index in [0.29, 0.717) is 6.10 Å². The van der Waals surface area contributed by atoms with Crippen molar-refractivity contribution in [3.63, 3.8) is 0 Å². The maximum atomic E-state index is 5.00. The lowest BCUT2D eigenvalue weighted by Gasteiger charge is -1.73. The average Bonchev–Trinajstić information content (AvgIpc) is 2.26. The second-order valence-electron chi connectivity index (χ2n) is 1.98. The van der Waals surface area contributed by atoms with Gasteiger partial charge in [0.2, 0.25) is 0 Å². The third-order valence-electron chi connectivity index (χ3n) is 1.33. The molecule has 0 aromatic carbocycles. The maximum Gasteiger partial charge on any atom is 0.0872 e. The highest BCUT2D eigenvalue weighted by molar-refractivity contribution is 5.15. The highest BCUT2D eigenvalue weighted by Crippen LogP contribution is 2.41. The normalized spacial score (nSPS) is 43.0. The van der Waals surface area contributed by atoms with Crippen LogP contribution >= 0.6 is 0 Å². The summed E-state index contributed by atoms with van der Waals surface area (Å²) in [6.07, 6.45) is 3.33. The van der Waals surface area contributed by atoms with Gasteiger partial charge in [0.05, 0.1) is 12.7 Å². The van der Waals surface area contributed by atoms with E-state index in [9.17, 15) is 0 Å². The van der Waals surface area contributed by atoms with E-state index in [-0.39, 0.29) is 0 Å². The van der Waals surface area contributed by atoms with Gasteiger partial charge in [-0.25, -0.2) is 0 Å². The Morgan fingerprint density at radius 2 is 2.17 bits per heavy atom. The van der Waals surface area contributed by atoms with E-state index >= 15 is 0 Å². The van der Waals surface area contributed by atoms with E-state index in [2.05, 4.69) is 0 Å². The summed E-state index contributed by atoms with van der Waals surface area (Å²) in [6, 6.07) is 0.